The molecule has 5 heteroatoms. The van der Waals surface area contributed by atoms with Crippen molar-refractivity contribution in [1.82, 2.24) is 4.90 Å². The third kappa shape index (κ3) is 3.61. The molecule has 3 N–H and O–H groups in total. The maximum Gasteiger partial charge on any atom is 0.231 e. The quantitative estimate of drug-likeness (QED) is 0.609. The van der Waals surface area contributed by atoms with E-state index in [1.54, 1.807) is 11.9 Å². The first-order chi connectivity index (χ1) is 6.52. The van der Waals surface area contributed by atoms with Gasteiger partial charge in [-0.3, -0.25) is 9.69 Å². The van der Waals surface area contributed by atoms with Crippen LogP contribution in [0.15, 0.2) is 0 Å². The predicted octanol–water partition coefficient (Wildman–Crippen LogP) is -1.05. The van der Waals surface area contributed by atoms with Crippen molar-refractivity contribution in [1.29, 1.82) is 0 Å². The molecule has 1 aliphatic rings. The molecule has 14 heavy (non-hydrogen) atoms. The maximum absolute atomic E-state index is 10.6. The number of primary amides is 1. The van der Waals surface area contributed by atoms with E-state index in [9.17, 15) is 9.90 Å². The lowest BCUT2D eigenvalue weighted by Gasteiger charge is -2.35. The molecule has 0 saturated carbocycles. The van der Waals surface area contributed by atoms with Crippen molar-refractivity contribution in [3.63, 3.8) is 0 Å². The zero-order valence-electron chi connectivity index (χ0n) is 8.53. The van der Waals surface area contributed by atoms with E-state index in [2.05, 4.69) is 0 Å². The lowest BCUT2D eigenvalue weighted by molar-refractivity contribution is -0.120. The number of hydrogen-bond acceptors (Lipinski definition) is 4. The first-order valence-electron chi connectivity index (χ1n) is 4.79. The average molecular weight is 202 g/mol. The summed E-state index contributed by atoms with van der Waals surface area (Å²) in [6.07, 6.45) is 1.24. The van der Waals surface area contributed by atoms with Gasteiger partial charge in [-0.25, -0.2) is 0 Å². The van der Waals surface area contributed by atoms with Gasteiger partial charge in [0.05, 0.1) is 12.1 Å². The summed E-state index contributed by atoms with van der Waals surface area (Å²) in [5.41, 5.74) is 4.33. The van der Waals surface area contributed by atoms with Gasteiger partial charge in [0, 0.05) is 32.6 Å². The minimum absolute atomic E-state index is 0.184. The first kappa shape index (κ1) is 11.4. The molecule has 1 amide bonds. The van der Waals surface area contributed by atoms with Gasteiger partial charge >= 0.3 is 0 Å². The number of carbonyl (C=O) groups is 1. The molecule has 0 aromatic rings. The van der Waals surface area contributed by atoms with Crippen LogP contribution in [0.2, 0.25) is 0 Å². The number of carbonyl (C=O) groups excluding carboxylic acids is 1. The molecule has 1 saturated heterocycles. The van der Waals surface area contributed by atoms with Crippen LogP contribution < -0.4 is 5.73 Å². The van der Waals surface area contributed by atoms with Crippen LogP contribution in [0.25, 0.3) is 0 Å². The van der Waals surface area contributed by atoms with Crippen molar-refractivity contribution in [3.8, 4) is 0 Å². The summed E-state index contributed by atoms with van der Waals surface area (Å²) in [5.74, 6) is -0.372. The molecule has 0 aromatic carbocycles. The van der Waals surface area contributed by atoms with E-state index in [1.165, 1.54) is 0 Å². The standard InChI is InChI=1S/C9H18N2O3/c1-11(6-8(10)12)7-9(13)2-4-14-5-3-9/h13H,2-7H2,1H3,(H2,10,12). The predicted molar refractivity (Wildman–Crippen MR) is 51.7 cm³/mol. The number of amides is 1. The molecular weight excluding hydrogens is 184 g/mol. The number of ether oxygens (including phenoxy) is 1. The molecule has 0 aromatic heterocycles. The maximum atomic E-state index is 10.6. The molecule has 0 radical (unpaired) electrons. The Morgan fingerprint density at radius 1 is 1.57 bits per heavy atom. The van der Waals surface area contributed by atoms with Crippen LogP contribution in [-0.2, 0) is 9.53 Å². The Kier molecular flexibility index (Phi) is 3.86. The first-order valence-corrected chi connectivity index (χ1v) is 4.79. The van der Waals surface area contributed by atoms with Gasteiger partial charge in [0.2, 0.25) is 5.91 Å². The highest BCUT2D eigenvalue weighted by Crippen LogP contribution is 2.20. The van der Waals surface area contributed by atoms with E-state index in [1.807, 2.05) is 0 Å². The molecule has 0 unspecified atom stereocenters. The van der Waals surface area contributed by atoms with Gasteiger partial charge < -0.3 is 15.6 Å². The van der Waals surface area contributed by atoms with Gasteiger partial charge in [0.25, 0.3) is 0 Å². The molecule has 82 valence electrons. The molecule has 0 spiro atoms. The molecule has 1 rings (SSSR count). The molecule has 0 atom stereocenters. The second-order valence-electron chi connectivity index (χ2n) is 3.98. The van der Waals surface area contributed by atoms with Crippen LogP contribution in [0, 0.1) is 0 Å². The zero-order chi connectivity index (χ0) is 10.6. The summed E-state index contributed by atoms with van der Waals surface area (Å²) in [6.45, 7) is 1.82. The minimum Gasteiger partial charge on any atom is -0.388 e. The van der Waals surface area contributed by atoms with E-state index in [-0.39, 0.29) is 12.5 Å². The largest absolute Gasteiger partial charge is 0.388 e. The van der Waals surface area contributed by atoms with Gasteiger partial charge in [-0.1, -0.05) is 0 Å². The Morgan fingerprint density at radius 3 is 2.64 bits per heavy atom. The second kappa shape index (κ2) is 4.72. The summed E-state index contributed by atoms with van der Waals surface area (Å²) >= 11 is 0. The normalized spacial score (nSPS) is 21.1. The zero-order valence-corrected chi connectivity index (χ0v) is 8.53. The number of nitrogens with zero attached hydrogens (tertiary/aromatic N) is 1. The fourth-order valence-corrected chi connectivity index (χ4v) is 1.73. The van der Waals surface area contributed by atoms with Gasteiger partial charge in [-0.2, -0.15) is 0 Å². The lowest BCUT2D eigenvalue weighted by atomic mass is 9.94. The number of rotatable bonds is 4. The van der Waals surface area contributed by atoms with Crippen molar-refractivity contribution in [2.45, 2.75) is 18.4 Å². The molecule has 0 bridgehead atoms. The highest BCUT2D eigenvalue weighted by molar-refractivity contribution is 5.75. The van der Waals surface area contributed by atoms with E-state index in [4.69, 9.17) is 10.5 Å². The summed E-state index contributed by atoms with van der Waals surface area (Å²) in [6, 6.07) is 0. The number of aliphatic hydroxyl groups is 1. The Hall–Kier alpha value is -0.650. The van der Waals surface area contributed by atoms with Crippen LogP contribution >= 0.6 is 0 Å². The molecule has 1 fully saturated rings. The van der Waals surface area contributed by atoms with Crippen LogP contribution in [0.1, 0.15) is 12.8 Å². The Morgan fingerprint density at radius 2 is 2.14 bits per heavy atom. The van der Waals surface area contributed by atoms with E-state index >= 15 is 0 Å². The van der Waals surface area contributed by atoms with Crippen molar-refractivity contribution in [3.05, 3.63) is 0 Å². The minimum atomic E-state index is -0.720. The fraction of sp³-hybridized carbons (Fsp3) is 0.889. The third-order valence-corrected chi connectivity index (χ3v) is 2.41. The summed E-state index contributed by atoms with van der Waals surface area (Å²) in [7, 11) is 1.78. The van der Waals surface area contributed by atoms with Crippen molar-refractivity contribution >= 4 is 5.91 Å². The van der Waals surface area contributed by atoms with Gasteiger partial charge in [0.15, 0.2) is 0 Å². The van der Waals surface area contributed by atoms with Crippen LogP contribution in [0.3, 0.4) is 0 Å². The smallest absolute Gasteiger partial charge is 0.231 e. The Labute approximate surface area is 83.8 Å². The third-order valence-electron chi connectivity index (χ3n) is 2.41. The fourth-order valence-electron chi connectivity index (χ4n) is 1.73. The lowest BCUT2D eigenvalue weighted by Crippen LogP contribution is -2.47. The van der Waals surface area contributed by atoms with E-state index < -0.39 is 5.60 Å². The summed E-state index contributed by atoms with van der Waals surface area (Å²) in [5, 5.41) is 10.1. The molecule has 0 aliphatic carbocycles. The Bertz CT molecular complexity index is 202. The highest BCUT2D eigenvalue weighted by atomic mass is 16.5. The number of hydrogen-bond donors (Lipinski definition) is 2. The molecule has 1 aliphatic heterocycles. The van der Waals surface area contributed by atoms with Crippen LogP contribution in [-0.4, -0.2) is 54.9 Å². The van der Waals surface area contributed by atoms with Crippen LogP contribution in [0.5, 0.6) is 0 Å². The highest BCUT2D eigenvalue weighted by Gasteiger charge is 2.31. The van der Waals surface area contributed by atoms with Crippen molar-refractivity contribution in [2.75, 3.05) is 33.4 Å². The molecular formula is C9H18N2O3. The summed E-state index contributed by atoms with van der Waals surface area (Å²) < 4.78 is 5.16. The average Bonchev–Trinajstić information content (AvgIpc) is 2.02. The molecule has 5 nitrogen and oxygen atoms in total. The van der Waals surface area contributed by atoms with Gasteiger partial charge in [0.1, 0.15) is 0 Å². The van der Waals surface area contributed by atoms with E-state index in [0.717, 1.165) is 0 Å². The van der Waals surface area contributed by atoms with Crippen molar-refractivity contribution < 1.29 is 14.6 Å². The SMILES string of the molecule is CN(CC(N)=O)CC1(O)CCOCC1. The second-order valence-corrected chi connectivity index (χ2v) is 3.98. The van der Waals surface area contributed by atoms with E-state index in [0.29, 0.717) is 32.6 Å². The number of likely N-dealkylation sites (N-methyl/N-ethyl adjacent to an activating group) is 1. The monoisotopic (exact) mass is 202 g/mol. The van der Waals surface area contributed by atoms with Gasteiger partial charge in [-0.15, -0.1) is 0 Å². The number of nitrogens with two attached hydrogens (primary N) is 1. The summed E-state index contributed by atoms with van der Waals surface area (Å²) in [4.78, 5) is 12.4. The Balaban J connectivity index is 2.36. The topological polar surface area (TPSA) is 75.8 Å². The van der Waals surface area contributed by atoms with Crippen molar-refractivity contribution in [2.24, 2.45) is 5.73 Å². The molecule has 1 heterocycles. The van der Waals surface area contributed by atoms with Crippen LogP contribution in [0.4, 0.5) is 0 Å². The van der Waals surface area contributed by atoms with Gasteiger partial charge in [-0.05, 0) is 7.05 Å².